The summed E-state index contributed by atoms with van der Waals surface area (Å²) in [5, 5.41) is 11.2. The molecule has 0 bridgehead atoms. The van der Waals surface area contributed by atoms with E-state index in [2.05, 4.69) is 0 Å². The van der Waals surface area contributed by atoms with E-state index < -0.39 is 17.7 Å². The molecule has 1 N–H and O–H groups in total. The van der Waals surface area contributed by atoms with E-state index in [-0.39, 0.29) is 11.3 Å². The van der Waals surface area contributed by atoms with Gasteiger partial charge >= 0.3 is 0 Å². The van der Waals surface area contributed by atoms with E-state index in [1.54, 1.807) is 4.90 Å². The number of Topliss-reactive ketones (excluding diaryl/α,β-unsaturated/α-hetero) is 1. The second-order valence-electron chi connectivity index (χ2n) is 8.40. The van der Waals surface area contributed by atoms with Crippen LogP contribution in [0.5, 0.6) is 0 Å². The first-order valence-electron chi connectivity index (χ1n) is 10.6. The Balaban J connectivity index is 1.81. The smallest absolute Gasteiger partial charge is 0.295 e. The molecule has 1 fully saturated rings. The molecule has 0 aromatic heterocycles. The quantitative estimate of drug-likeness (QED) is 0.470. The summed E-state index contributed by atoms with van der Waals surface area (Å²) in [4.78, 5) is 29.5. The Bertz CT molecular complexity index is 995. The lowest BCUT2D eigenvalue weighted by Gasteiger charge is -2.26. The predicted octanol–water partition coefficient (Wildman–Crippen LogP) is 3.55. The van der Waals surface area contributed by atoms with Crippen LogP contribution >= 0.6 is 0 Å². The zero-order valence-corrected chi connectivity index (χ0v) is 17.6. The number of likely N-dealkylation sites (tertiary alicyclic amines) is 1. The van der Waals surface area contributed by atoms with Crippen LogP contribution in [0.2, 0.25) is 0 Å². The van der Waals surface area contributed by atoms with Crippen LogP contribution < -0.4 is 0 Å². The van der Waals surface area contributed by atoms with Crippen molar-refractivity contribution in [2.75, 3.05) is 27.2 Å². The Hall–Kier alpha value is -2.92. The van der Waals surface area contributed by atoms with E-state index in [9.17, 15) is 14.7 Å². The van der Waals surface area contributed by atoms with Gasteiger partial charge in [0.15, 0.2) is 0 Å². The zero-order valence-electron chi connectivity index (χ0n) is 17.6. The van der Waals surface area contributed by atoms with Crippen molar-refractivity contribution in [1.29, 1.82) is 0 Å². The summed E-state index contributed by atoms with van der Waals surface area (Å²) in [5.41, 5.74) is 4.16. The van der Waals surface area contributed by atoms with Gasteiger partial charge in [0.1, 0.15) is 5.76 Å². The summed E-state index contributed by atoms with van der Waals surface area (Å²) >= 11 is 0. The highest BCUT2D eigenvalue weighted by atomic mass is 16.3. The van der Waals surface area contributed by atoms with E-state index in [4.69, 9.17) is 0 Å². The van der Waals surface area contributed by atoms with Crippen LogP contribution in [0.4, 0.5) is 0 Å². The number of aliphatic hydroxyl groups excluding tert-OH is 1. The van der Waals surface area contributed by atoms with Crippen molar-refractivity contribution in [3.8, 4) is 0 Å². The molecule has 2 aliphatic rings. The van der Waals surface area contributed by atoms with Crippen molar-refractivity contribution in [3.63, 3.8) is 0 Å². The van der Waals surface area contributed by atoms with Crippen LogP contribution in [0.25, 0.3) is 5.76 Å². The highest BCUT2D eigenvalue weighted by Crippen LogP contribution is 2.39. The van der Waals surface area contributed by atoms with Crippen LogP contribution in [0, 0.1) is 0 Å². The number of carbonyl (C=O) groups excluding carboxylic acids is 2. The maximum atomic E-state index is 13.0. The van der Waals surface area contributed by atoms with Gasteiger partial charge in [-0.25, -0.2) is 0 Å². The Labute approximate surface area is 177 Å². The lowest BCUT2D eigenvalue weighted by atomic mass is 9.89. The van der Waals surface area contributed by atoms with Gasteiger partial charge < -0.3 is 14.9 Å². The highest BCUT2D eigenvalue weighted by molar-refractivity contribution is 6.46. The maximum absolute atomic E-state index is 13.0. The van der Waals surface area contributed by atoms with Crippen molar-refractivity contribution in [2.24, 2.45) is 0 Å². The summed E-state index contributed by atoms with van der Waals surface area (Å²) < 4.78 is 0. The minimum atomic E-state index is -0.613. The third-order valence-corrected chi connectivity index (χ3v) is 6.07. The fourth-order valence-corrected chi connectivity index (χ4v) is 4.44. The second-order valence-corrected chi connectivity index (χ2v) is 8.40. The van der Waals surface area contributed by atoms with Crippen molar-refractivity contribution in [1.82, 2.24) is 9.80 Å². The summed E-state index contributed by atoms with van der Waals surface area (Å²) in [6.45, 7) is 1.05. The molecule has 0 saturated carbocycles. The molecule has 1 atom stereocenters. The lowest BCUT2D eigenvalue weighted by Crippen LogP contribution is -2.35. The largest absolute Gasteiger partial charge is 0.507 e. The molecule has 1 amide bonds. The molecular weight excluding hydrogens is 376 g/mol. The maximum Gasteiger partial charge on any atom is 0.295 e. The number of aliphatic hydroxyl groups is 1. The van der Waals surface area contributed by atoms with Crippen LogP contribution in [0.1, 0.15) is 41.1 Å². The molecule has 0 radical (unpaired) electrons. The third kappa shape index (κ3) is 3.77. The number of carbonyl (C=O) groups is 2. The van der Waals surface area contributed by atoms with Gasteiger partial charge in [-0.05, 0) is 62.5 Å². The van der Waals surface area contributed by atoms with E-state index in [1.807, 2.05) is 67.5 Å². The standard InChI is InChI=1S/C25H28N2O3/c1-26(2)14-15-27-22(18-9-4-3-5-10-18)21(24(29)25(27)30)23(28)20-13-12-17-8-6-7-11-19(17)16-20/h3-5,9-10,12-13,16,22,28H,6-8,11,14-15H2,1-2H3/b23-21-. The molecule has 1 aliphatic heterocycles. The fraction of sp³-hybridized carbons (Fsp3) is 0.360. The molecule has 1 heterocycles. The van der Waals surface area contributed by atoms with Crippen LogP contribution in [0.3, 0.4) is 0 Å². The monoisotopic (exact) mass is 404 g/mol. The molecule has 1 aliphatic carbocycles. The zero-order chi connectivity index (χ0) is 21.3. The van der Waals surface area contributed by atoms with Gasteiger partial charge in [0.2, 0.25) is 0 Å². The van der Waals surface area contributed by atoms with Crippen molar-refractivity contribution >= 4 is 17.4 Å². The van der Waals surface area contributed by atoms with Crippen LogP contribution in [-0.2, 0) is 22.4 Å². The number of nitrogens with zero attached hydrogens (tertiary/aromatic N) is 2. The first-order chi connectivity index (χ1) is 14.5. The van der Waals surface area contributed by atoms with Crippen molar-refractivity contribution in [2.45, 2.75) is 31.7 Å². The summed E-state index contributed by atoms with van der Waals surface area (Å²) in [6, 6.07) is 14.8. The number of rotatable bonds is 5. The van der Waals surface area contributed by atoms with Crippen LogP contribution in [-0.4, -0.2) is 53.8 Å². The Kier molecular flexibility index (Phi) is 5.73. The van der Waals surface area contributed by atoms with E-state index in [1.165, 1.54) is 17.5 Å². The number of ketones is 1. The van der Waals surface area contributed by atoms with E-state index >= 15 is 0 Å². The number of likely N-dealkylation sites (N-methyl/N-ethyl adjacent to an activating group) is 1. The molecule has 156 valence electrons. The molecule has 0 spiro atoms. The molecule has 5 heteroatoms. The molecule has 30 heavy (non-hydrogen) atoms. The topological polar surface area (TPSA) is 60.9 Å². The Morgan fingerprint density at radius 1 is 1.03 bits per heavy atom. The minimum Gasteiger partial charge on any atom is -0.507 e. The number of benzene rings is 2. The predicted molar refractivity (Wildman–Crippen MR) is 117 cm³/mol. The first-order valence-corrected chi connectivity index (χ1v) is 10.6. The molecule has 5 nitrogen and oxygen atoms in total. The number of hydrogen-bond donors (Lipinski definition) is 1. The highest BCUT2D eigenvalue weighted by Gasteiger charge is 2.45. The van der Waals surface area contributed by atoms with Gasteiger partial charge in [-0.15, -0.1) is 0 Å². The Morgan fingerprint density at radius 2 is 1.73 bits per heavy atom. The molecule has 1 saturated heterocycles. The van der Waals surface area contributed by atoms with E-state index in [0.29, 0.717) is 18.7 Å². The van der Waals surface area contributed by atoms with Crippen molar-refractivity contribution in [3.05, 3.63) is 76.4 Å². The first kappa shape index (κ1) is 20.4. The lowest BCUT2D eigenvalue weighted by molar-refractivity contribution is -0.140. The average Bonchev–Trinajstić information content (AvgIpc) is 3.02. The molecule has 4 rings (SSSR count). The fourth-order valence-electron chi connectivity index (χ4n) is 4.44. The van der Waals surface area contributed by atoms with Gasteiger partial charge in [0.25, 0.3) is 11.7 Å². The van der Waals surface area contributed by atoms with Crippen molar-refractivity contribution < 1.29 is 14.7 Å². The van der Waals surface area contributed by atoms with Gasteiger partial charge in [-0.2, -0.15) is 0 Å². The van der Waals surface area contributed by atoms with Gasteiger partial charge in [0, 0.05) is 18.7 Å². The number of aryl methyl sites for hydroxylation is 2. The van der Waals surface area contributed by atoms with E-state index in [0.717, 1.165) is 24.8 Å². The minimum absolute atomic E-state index is 0.0806. The SMILES string of the molecule is CN(C)CCN1C(=O)C(=O)/C(=C(\O)c2ccc3c(c2)CCCC3)C1c1ccccc1. The average molecular weight is 405 g/mol. The van der Waals surface area contributed by atoms with Gasteiger partial charge in [-0.3, -0.25) is 9.59 Å². The van der Waals surface area contributed by atoms with Crippen LogP contribution in [0.15, 0.2) is 54.1 Å². The van der Waals surface area contributed by atoms with Gasteiger partial charge in [0.05, 0.1) is 11.6 Å². The molecular formula is C25H28N2O3. The summed E-state index contributed by atoms with van der Waals surface area (Å²) in [5.74, 6) is -1.24. The Morgan fingerprint density at radius 3 is 2.43 bits per heavy atom. The van der Waals surface area contributed by atoms with Gasteiger partial charge in [-0.1, -0.05) is 42.5 Å². The molecule has 1 unspecified atom stereocenters. The normalized spacial score (nSPS) is 20.6. The number of fused-ring (bicyclic) bond motifs is 1. The third-order valence-electron chi connectivity index (χ3n) is 6.07. The number of amides is 1. The molecule has 2 aromatic carbocycles. The summed E-state index contributed by atoms with van der Waals surface area (Å²) in [7, 11) is 3.86. The number of hydrogen-bond acceptors (Lipinski definition) is 4. The summed E-state index contributed by atoms with van der Waals surface area (Å²) in [6.07, 6.45) is 4.35. The molecule has 2 aromatic rings. The second kappa shape index (κ2) is 8.44.